The zero-order chi connectivity index (χ0) is 12.3. The molecular formula is C13H7FNO2. The number of phenols is 1. The summed E-state index contributed by atoms with van der Waals surface area (Å²) < 4.78 is 18.2. The van der Waals surface area contributed by atoms with Crippen molar-refractivity contribution in [1.29, 1.82) is 5.26 Å². The number of benzene rings is 2. The van der Waals surface area contributed by atoms with Gasteiger partial charge in [0.05, 0.1) is 5.56 Å². The molecule has 0 saturated heterocycles. The van der Waals surface area contributed by atoms with E-state index in [9.17, 15) is 4.39 Å². The number of hydrogen-bond donors (Lipinski definition) is 1. The highest BCUT2D eigenvalue weighted by molar-refractivity contribution is 5.45. The first-order valence-electron chi connectivity index (χ1n) is 4.77. The van der Waals surface area contributed by atoms with E-state index in [2.05, 4.69) is 6.07 Å². The third-order valence-electron chi connectivity index (χ3n) is 2.06. The normalized spacial score (nSPS) is 9.65. The number of hydrogen-bond acceptors (Lipinski definition) is 3. The molecule has 0 unspecified atom stereocenters. The second-order valence-corrected chi connectivity index (χ2v) is 3.27. The maximum Gasteiger partial charge on any atom is 0.146 e. The summed E-state index contributed by atoms with van der Waals surface area (Å²) >= 11 is 0. The summed E-state index contributed by atoms with van der Waals surface area (Å²) in [6.07, 6.45) is 0. The Kier molecular flexibility index (Phi) is 2.93. The van der Waals surface area contributed by atoms with Gasteiger partial charge in [-0.05, 0) is 36.4 Å². The van der Waals surface area contributed by atoms with Crippen LogP contribution in [0.4, 0.5) is 4.39 Å². The molecule has 2 aromatic carbocycles. The second-order valence-electron chi connectivity index (χ2n) is 3.27. The van der Waals surface area contributed by atoms with Crippen molar-refractivity contribution in [2.75, 3.05) is 0 Å². The van der Waals surface area contributed by atoms with Gasteiger partial charge in [0.15, 0.2) is 0 Å². The van der Waals surface area contributed by atoms with Crippen molar-refractivity contribution < 1.29 is 14.2 Å². The van der Waals surface area contributed by atoms with Crippen LogP contribution in [-0.2, 0) is 0 Å². The van der Waals surface area contributed by atoms with Gasteiger partial charge in [-0.25, -0.2) is 4.39 Å². The molecule has 0 atom stereocenters. The number of nitriles is 1. The molecule has 0 aliphatic carbocycles. The van der Waals surface area contributed by atoms with Crippen LogP contribution in [0.3, 0.4) is 0 Å². The quantitative estimate of drug-likeness (QED) is 0.859. The van der Waals surface area contributed by atoms with E-state index in [-0.39, 0.29) is 17.1 Å². The number of ether oxygens (including phenoxy) is 1. The van der Waals surface area contributed by atoms with Crippen LogP contribution >= 0.6 is 0 Å². The molecule has 2 rings (SSSR count). The van der Waals surface area contributed by atoms with E-state index in [1.807, 2.05) is 6.07 Å². The number of aromatic hydroxyl groups is 1. The Bertz CT molecular complexity index is 573. The van der Waals surface area contributed by atoms with Gasteiger partial charge in [-0.2, -0.15) is 5.26 Å². The van der Waals surface area contributed by atoms with Crippen LogP contribution in [0.5, 0.6) is 17.2 Å². The van der Waals surface area contributed by atoms with Gasteiger partial charge >= 0.3 is 0 Å². The van der Waals surface area contributed by atoms with Crippen LogP contribution in [0.25, 0.3) is 0 Å². The predicted molar refractivity (Wildman–Crippen MR) is 58.1 cm³/mol. The lowest BCUT2D eigenvalue weighted by Gasteiger charge is -2.06. The van der Waals surface area contributed by atoms with Crippen molar-refractivity contribution in [1.82, 2.24) is 0 Å². The summed E-state index contributed by atoms with van der Waals surface area (Å²) in [5.74, 6) is 0.169. The first kappa shape index (κ1) is 11.0. The molecule has 2 aromatic rings. The number of phenolic OH excluding ortho intramolecular Hbond substituents is 1. The molecule has 0 saturated carbocycles. The fourth-order valence-corrected chi connectivity index (χ4v) is 1.26. The molecule has 4 heteroatoms. The summed E-state index contributed by atoms with van der Waals surface area (Å²) in [6, 6.07) is 12.5. The summed E-state index contributed by atoms with van der Waals surface area (Å²) in [7, 11) is 0. The van der Waals surface area contributed by atoms with E-state index in [4.69, 9.17) is 15.1 Å². The van der Waals surface area contributed by atoms with Crippen molar-refractivity contribution in [2.24, 2.45) is 0 Å². The van der Waals surface area contributed by atoms with Gasteiger partial charge in [-0.15, -0.1) is 0 Å². The molecule has 0 amide bonds. The third-order valence-corrected chi connectivity index (χ3v) is 2.06. The Labute approximate surface area is 97.3 Å². The van der Waals surface area contributed by atoms with E-state index in [1.165, 1.54) is 18.2 Å². The fourth-order valence-electron chi connectivity index (χ4n) is 1.26. The number of nitrogens with zero attached hydrogens (tertiary/aromatic N) is 1. The second kappa shape index (κ2) is 4.54. The molecular weight excluding hydrogens is 221 g/mol. The van der Waals surface area contributed by atoms with Gasteiger partial charge in [0.2, 0.25) is 0 Å². The van der Waals surface area contributed by atoms with Crippen LogP contribution in [-0.4, -0.2) is 5.11 Å². The molecule has 0 bridgehead atoms. The molecule has 0 aromatic heterocycles. The zero-order valence-corrected chi connectivity index (χ0v) is 8.64. The Morgan fingerprint density at radius 3 is 2.65 bits per heavy atom. The molecule has 0 aliphatic rings. The topological polar surface area (TPSA) is 53.2 Å². The third kappa shape index (κ3) is 2.52. The maximum absolute atomic E-state index is 12.8. The van der Waals surface area contributed by atoms with Gasteiger partial charge in [0, 0.05) is 6.07 Å². The lowest BCUT2D eigenvalue weighted by Crippen LogP contribution is -1.89. The first-order valence-corrected chi connectivity index (χ1v) is 4.77. The number of rotatable bonds is 2. The van der Waals surface area contributed by atoms with Crippen LogP contribution in [0, 0.1) is 23.2 Å². The molecule has 0 fully saturated rings. The van der Waals surface area contributed by atoms with E-state index in [0.717, 1.165) is 6.07 Å². The average molecular weight is 228 g/mol. The molecule has 3 nitrogen and oxygen atoms in total. The molecule has 0 spiro atoms. The van der Waals surface area contributed by atoms with Crippen molar-refractivity contribution in [3.63, 3.8) is 0 Å². The smallest absolute Gasteiger partial charge is 0.146 e. The van der Waals surface area contributed by atoms with Crippen LogP contribution in [0.2, 0.25) is 0 Å². The summed E-state index contributed by atoms with van der Waals surface area (Å²) in [4.78, 5) is 0. The largest absolute Gasteiger partial charge is 0.508 e. The Balaban J connectivity index is 2.30. The lowest BCUT2D eigenvalue weighted by molar-refractivity contribution is 0.463. The van der Waals surface area contributed by atoms with Gasteiger partial charge in [-0.3, -0.25) is 0 Å². The molecule has 1 radical (unpaired) electrons. The zero-order valence-electron chi connectivity index (χ0n) is 8.64. The minimum atomic E-state index is -0.611. The minimum Gasteiger partial charge on any atom is -0.508 e. The van der Waals surface area contributed by atoms with E-state index in [1.54, 1.807) is 12.1 Å². The van der Waals surface area contributed by atoms with Crippen molar-refractivity contribution in [2.45, 2.75) is 0 Å². The van der Waals surface area contributed by atoms with Crippen molar-refractivity contribution >= 4 is 0 Å². The molecule has 0 heterocycles. The highest BCUT2D eigenvalue weighted by Gasteiger charge is 2.06. The predicted octanol–water partition coefficient (Wildman–Crippen LogP) is 3.00. The van der Waals surface area contributed by atoms with Crippen LogP contribution < -0.4 is 4.74 Å². The Hall–Kier alpha value is -2.54. The molecule has 83 valence electrons. The summed E-state index contributed by atoms with van der Waals surface area (Å²) in [5, 5.41) is 17.9. The molecule has 0 aliphatic heterocycles. The monoisotopic (exact) mass is 228 g/mol. The van der Waals surface area contributed by atoms with E-state index in [0.29, 0.717) is 5.75 Å². The van der Waals surface area contributed by atoms with Gasteiger partial charge < -0.3 is 9.84 Å². The first-order chi connectivity index (χ1) is 8.19. The fraction of sp³-hybridized carbons (Fsp3) is 0. The highest BCUT2D eigenvalue weighted by Crippen LogP contribution is 2.26. The minimum absolute atomic E-state index is 0.0920. The lowest BCUT2D eigenvalue weighted by atomic mass is 10.2. The standard InChI is InChI=1S/C13H7FNO2/c14-10-1-6-13(9(7-10)8-15)17-12-4-2-11(16)3-5-12/h2-7,16H. The Morgan fingerprint density at radius 1 is 1.29 bits per heavy atom. The average Bonchev–Trinajstić information content (AvgIpc) is 2.34. The van der Waals surface area contributed by atoms with Crippen LogP contribution in [0.15, 0.2) is 36.4 Å². The SMILES string of the molecule is N#Cc1cc(F)[c]cc1Oc1ccc(O)cc1. The summed E-state index contributed by atoms with van der Waals surface area (Å²) in [6.45, 7) is 0. The van der Waals surface area contributed by atoms with Crippen LogP contribution in [0.1, 0.15) is 5.56 Å². The number of halogens is 1. The summed E-state index contributed by atoms with van der Waals surface area (Å²) in [5.41, 5.74) is 0.0920. The molecule has 17 heavy (non-hydrogen) atoms. The van der Waals surface area contributed by atoms with Crippen molar-refractivity contribution in [3.8, 4) is 23.3 Å². The van der Waals surface area contributed by atoms with E-state index >= 15 is 0 Å². The van der Waals surface area contributed by atoms with E-state index < -0.39 is 5.82 Å². The van der Waals surface area contributed by atoms with Gasteiger partial charge in [-0.1, -0.05) is 0 Å². The molecule has 1 N–H and O–H groups in total. The maximum atomic E-state index is 12.8. The Morgan fingerprint density at radius 2 is 2.00 bits per heavy atom. The highest BCUT2D eigenvalue weighted by atomic mass is 19.1. The van der Waals surface area contributed by atoms with Gasteiger partial charge in [0.1, 0.15) is 29.1 Å². The van der Waals surface area contributed by atoms with Gasteiger partial charge in [0.25, 0.3) is 0 Å². The van der Waals surface area contributed by atoms with Crippen molar-refractivity contribution in [3.05, 3.63) is 53.8 Å².